The first-order valence-corrected chi connectivity index (χ1v) is 5.18. The van der Waals surface area contributed by atoms with Crippen molar-refractivity contribution in [3.8, 4) is 0 Å². The Balaban J connectivity index is 1.90. The van der Waals surface area contributed by atoms with Gasteiger partial charge in [0, 0.05) is 6.61 Å². The minimum Gasteiger partial charge on any atom is -0.466 e. The largest absolute Gasteiger partial charge is 0.466 e. The van der Waals surface area contributed by atoms with Crippen molar-refractivity contribution in [1.29, 1.82) is 0 Å². The lowest BCUT2D eigenvalue weighted by Crippen LogP contribution is -2.16. The van der Waals surface area contributed by atoms with E-state index in [1.54, 1.807) is 6.92 Å². The third-order valence-corrected chi connectivity index (χ3v) is 2.08. The van der Waals surface area contributed by atoms with Crippen LogP contribution < -0.4 is 0 Å². The highest BCUT2D eigenvalue weighted by atomic mass is 16.5. The summed E-state index contributed by atoms with van der Waals surface area (Å²) in [6.45, 7) is 4.10. The molecular formula is C10H18O4. The molecule has 0 spiro atoms. The molecule has 1 saturated heterocycles. The van der Waals surface area contributed by atoms with Crippen molar-refractivity contribution in [2.24, 2.45) is 0 Å². The van der Waals surface area contributed by atoms with Crippen molar-refractivity contribution in [3.63, 3.8) is 0 Å². The summed E-state index contributed by atoms with van der Waals surface area (Å²) in [4.78, 5) is 10.9. The van der Waals surface area contributed by atoms with Crippen LogP contribution in [0, 0.1) is 0 Å². The molecule has 0 amide bonds. The number of ether oxygens (including phenoxy) is 3. The zero-order chi connectivity index (χ0) is 10.2. The molecule has 4 nitrogen and oxygen atoms in total. The molecule has 4 heteroatoms. The predicted molar refractivity (Wildman–Crippen MR) is 51.0 cm³/mol. The van der Waals surface area contributed by atoms with Crippen LogP contribution in [0.25, 0.3) is 0 Å². The van der Waals surface area contributed by atoms with Gasteiger partial charge in [0.25, 0.3) is 0 Å². The molecule has 0 aromatic carbocycles. The van der Waals surface area contributed by atoms with Gasteiger partial charge in [0.15, 0.2) is 0 Å². The van der Waals surface area contributed by atoms with Crippen LogP contribution in [0.5, 0.6) is 0 Å². The number of carbonyl (C=O) groups is 1. The number of carbonyl (C=O) groups excluding carboxylic acids is 1. The summed E-state index contributed by atoms with van der Waals surface area (Å²) < 4.78 is 15.4. The summed E-state index contributed by atoms with van der Waals surface area (Å²) in [7, 11) is 0. The molecule has 1 aliphatic rings. The average molecular weight is 202 g/mol. The topological polar surface area (TPSA) is 44.8 Å². The minimum atomic E-state index is -0.195. The summed E-state index contributed by atoms with van der Waals surface area (Å²) >= 11 is 0. The Hall–Kier alpha value is -0.610. The zero-order valence-electron chi connectivity index (χ0n) is 8.66. The third-order valence-electron chi connectivity index (χ3n) is 2.08. The van der Waals surface area contributed by atoms with Crippen LogP contribution in [0.3, 0.4) is 0 Å². The number of esters is 1. The van der Waals surface area contributed by atoms with E-state index in [-0.39, 0.29) is 12.1 Å². The van der Waals surface area contributed by atoms with Gasteiger partial charge in [-0.15, -0.1) is 0 Å². The minimum absolute atomic E-state index is 0.195. The van der Waals surface area contributed by atoms with Crippen molar-refractivity contribution in [2.45, 2.75) is 32.3 Å². The molecule has 1 heterocycles. The van der Waals surface area contributed by atoms with E-state index in [1.165, 1.54) is 0 Å². The van der Waals surface area contributed by atoms with Gasteiger partial charge in [0.1, 0.15) is 0 Å². The molecule has 0 aromatic heterocycles. The second-order valence-corrected chi connectivity index (χ2v) is 3.26. The summed E-state index contributed by atoms with van der Waals surface area (Å²) in [5.74, 6) is -0.195. The highest BCUT2D eigenvalue weighted by Crippen LogP contribution is 2.11. The lowest BCUT2D eigenvalue weighted by Gasteiger charge is -2.09. The normalized spacial score (nSPS) is 21.1. The molecule has 1 atom stereocenters. The average Bonchev–Trinajstić information content (AvgIpc) is 2.65. The maximum atomic E-state index is 10.9. The van der Waals surface area contributed by atoms with Crippen molar-refractivity contribution in [3.05, 3.63) is 0 Å². The van der Waals surface area contributed by atoms with Gasteiger partial charge < -0.3 is 14.2 Å². The maximum absolute atomic E-state index is 10.9. The van der Waals surface area contributed by atoms with Gasteiger partial charge in [0.05, 0.1) is 32.3 Å². The van der Waals surface area contributed by atoms with Gasteiger partial charge in [-0.2, -0.15) is 0 Å². The number of hydrogen-bond acceptors (Lipinski definition) is 4. The molecule has 1 rings (SSSR count). The molecule has 1 unspecified atom stereocenters. The maximum Gasteiger partial charge on any atom is 0.308 e. The van der Waals surface area contributed by atoms with Crippen molar-refractivity contribution >= 4 is 5.97 Å². The SMILES string of the molecule is CCOC(=O)CCOCC1CCCO1. The van der Waals surface area contributed by atoms with Crippen molar-refractivity contribution in [2.75, 3.05) is 26.4 Å². The molecule has 0 bridgehead atoms. The fourth-order valence-corrected chi connectivity index (χ4v) is 1.38. The Morgan fingerprint density at radius 1 is 1.57 bits per heavy atom. The number of hydrogen-bond donors (Lipinski definition) is 0. The van der Waals surface area contributed by atoms with Crippen LogP contribution in [0.4, 0.5) is 0 Å². The summed E-state index contributed by atoms with van der Waals surface area (Å²) in [6.07, 6.45) is 2.75. The van der Waals surface area contributed by atoms with E-state index in [0.29, 0.717) is 26.2 Å². The molecule has 0 aliphatic carbocycles. The first-order valence-electron chi connectivity index (χ1n) is 5.18. The first-order chi connectivity index (χ1) is 6.83. The van der Waals surface area contributed by atoms with Gasteiger partial charge in [0.2, 0.25) is 0 Å². The highest BCUT2D eigenvalue weighted by molar-refractivity contribution is 5.69. The summed E-state index contributed by atoms with van der Waals surface area (Å²) in [6, 6.07) is 0. The summed E-state index contributed by atoms with van der Waals surface area (Å²) in [5, 5.41) is 0. The predicted octanol–water partition coefficient (Wildman–Crippen LogP) is 1.14. The Kier molecular flexibility index (Phi) is 5.56. The molecule has 14 heavy (non-hydrogen) atoms. The van der Waals surface area contributed by atoms with E-state index in [1.807, 2.05) is 0 Å². The zero-order valence-corrected chi connectivity index (χ0v) is 8.66. The Morgan fingerprint density at radius 3 is 3.07 bits per heavy atom. The number of rotatable bonds is 6. The molecule has 0 aromatic rings. The van der Waals surface area contributed by atoms with Gasteiger partial charge in [-0.25, -0.2) is 0 Å². The van der Waals surface area contributed by atoms with Crippen LogP contribution >= 0.6 is 0 Å². The van der Waals surface area contributed by atoms with Gasteiger partial charge in [-0.05, 0) is 19.8 Å². The lowest BCUT2D eigenvalue weighted by molar-refractivity contribution is -0.144. The van der Waals surface area contributed by atoms with Gasteiger partial charge in [-0.1, -0.05) is 0 Å². The van der Waals surface area contributed by atoms with E-state index in [0.717, 1.165) is 19.4 Å². The first kappa shape index (κ1) is 11.5. The van der Waals surface area contributed by atoms with E-state index in [4.69, 9.17) is 14.2 Å². The van der Waals surface area contributed by atoms with Crippen molar-refractivity contribution < 1.29 is 19.0 Å². The van der Waals surface area contributed by atoms with Crippen LogP contribution in [0.2, 0.25) is 0 Å². The molecule has 1 fully saturated rings. The van der Waals surface area contributed by atoms with Crippen LogP contribution in [0.15, 0.2) is 0 Å². The van der Waals surface area contributed by atoms with Gasteiger partial charge in [-0.3, -0.25) is 4.79 Å². The van der Waals surface area contributed by atoms with Crippen LogP contribution in [0.1, 0.15) is 26.2 Å². The van der Waals surface area contributed by atoms with Crippen LogP contribution in [-0.2, 0) is 19.0 Å². The second kappa shape index (κ2) is 6.79. The summed E-state index contributed by atoms with van der Waals surface area (Å²) in [5.41, 5.74) is 0. The van der Waals surface area contributed by atoms with E-state index >= 15 is 0 Å². The van der Waals surface area contributed by atoms with E-state index in [2.05, 4.69) is 0 Å². The molecule has 0 radical (unpaired) electrons. The fourth-order valence-electron chi connectivity index (χ4n) is 1.38. The fraction of sp³-hybridized carbons (Fsp3) is 0.900. The van der Waals surface area contributed by atoms with Crippen LogP contribution in [-0.4, -0.2) is 38.5 Å². The van der Waals surface area contributed by atoms with Crippen molar-refractivity contribution in [1.82, 2.24) is 0 Å². The highest BCUT2D eigenvalue weighted by Gasteiger charge is 2.15. The lowest BCUT2D eigenvalue weighted by atomic mass is 10.2. The van der Waals surface area contributed by atoms with E-state index in [9.17, 15) is 4.79 Å². The Bertz CT molecular complexity index is 164. The smallest absolute Gasteiger partial charge is 0.308 e. The Morgan fingerprint density at radius 2 is 2.43 bits per heavy atom. The third kappa shape index (κ3) is 4.58. The molecule has 0 N–H and O–H groups in total. The standard InChI is InChI=1S/C10H18O4/c1-2-13-10(11)5-7-12-8-9-4-3-6-14-9/h9H,2-8H2,1H3. The molecule has 0 saturated carbocycles. The molecule has 82 valence electrons. The monoisotopic (exact) mass is 202 g/mol. The molecular weight excluding hydrogens is 184 g/mol. The van der Waals surface area contributed by atoms with Gasteiger partial charge >= 0.3 is 5.97 Å². The quantitative estimate of drug-likeness (QED) is 0.478. The molecule has 1 aliphatic heterocycles. The van der Waals surface area contributed by atoms with E-state index < -0.39 is 0 Å². The Labute approximate surface area is 84.5 Å². The second-order valence-electron chi connectivity index (χ2n) is 3.26.